The Hall–Kier alpha value is -1.02. The van der Waals surface area contributed by atoms with E-state index in [4.69, 9.17) is 9.73 Å². The van der Waals surface area contributed by atoms with Gasteiger partial charge in [0.25, 0.3) is 0 Å². The van der Waals surface area contributed by atoms with Crippen LogP contribution in [0.15, 0.2) is 29.3 Å². The predicted octanol–water partition coefficient (Wildman–Crippen LogP) is 3.78. The first-order valence-electron chi connectivity index (χ1n) is 10.3. The maximum atomic E-state index is 5.72. The number of hydrogen-bond acceptors (Lipinski definition) is 3. The Kier molecular flexibility index (Phi) is 9.68. The van der Waals surface area contributed by atoms with Crippen LogP contribution in [0.4, 0.5) is 0 Å². The van der Waals surface area contributed by atoms with Gasteiger partial charge >= 0.3 is 0 Å². The van der Waals surface area contributed by atoms with E-state index in [-0.39, 0.29) is 24.0 Å². The summed E-state index contributed by atoms with van der Waals surface area (Å²) < 4.78 is 5.72. The Morgan fingerprint density at radius 3 is 2.70 bits per heavy atom. The first kappa shape index (κ1) is 22.3. The van der Waals surface area contributed by atoms with Gasteiger partial charge in [0.1, 0.15) is 5.75 Å². The third kappa shape index (κ3) is 6.52. The average molecular weight is 486 g/mol. The molecule has 5 nitrogen and oxygen atoms in total. The highest BCUT2D eigenvalue weighted by Gasteiger charge is 2.30. The topological polar surface area (TPSA) is 48.9 Å². The number of benzene rings is 1. The van der Waals surface area contributed by atoms with E-state index in [2.05, 4.69) is 28.5 Å². The number of ether oxygens (including phenoxy) is 1. The van der Waals surface area contributed by atoms with Crippen LogP contribution >= 0.6 is 24.0 Å². The molecule has 2 fully saturated rings. The molecule has 2 aliphatic rings. The van der Waals surface area contributed by atoms with Crippen LogP contribution in [-0.2, 0) is 6.54 Å². The Balaban J connectivity index is 0.00000261. The van der Waals surface area contributed by atoms with E-state index in [1.54, 1.807) is 0 Å². The number of nitrogens with zero attached hydrogens (tertiary/aromatic N) is 2. The molecule has 6 heteroatoms. The fourth-order valence-electron chi connectivity index (χ4n) is 4.11. The predicted molar refractivity (Wildman–Crippen MR) is 123 cm³/mol. The van der Waals surface area contributed by atoms with E-state index in [0.29, 0.717) is 19.2 Å². The van der Waals surface area contributed by atoms with Gasteiger partial charge in [-0.3, -0.25) is 4.90 Å². The number of likely N-dealkylation sites (tertiary alicyclic amines) is 1. The minimum absolute atomic E-state index is 0. The summed E-state index contributed by atoms with van der Waals surface area (Å²) in [5.74, 6) is 1.85. The lowest BCUT2D eigenvalue weighted by atomic mass is 10.2. The molecule has 1 aliphatic heterocycles. The molecule has 1 atom stereocenters. The molecule has 0 amide bonds. The molecule has 1 heterocycles. The lowest BCUT2D eigenvalue weighted by Crippen LogP contribution is -2.45. The van der Waals surface area contributed by atoms with Crippen molar-refractivity contribution in [2.24, 2.45) is 4.99 Å². The third-order valence-corrected chi connectivity index (χ3v) is 5.43. The molecule has 1 unspecified atom stereocenters. The molecular formula is C21H35IN4O. The molecule has 27 heavy (non-hydrogen) atoms. The standard InChI is InChI=1S/C21H34N4O.HI/c1-3-22-21(23-15-17-9-5-8-12-20(17)26-4-2)24-18-13-14-25(16-18)19-10-6-7-11-19;/h5,8-9,12,18-19H,3-4,6-7,10-11,13-16H2,1-2H3,(H2,22,23,24);1H. The summed E-state index contributed by atoms with van der Waals surface area (Å²) in [7, 11) is 0. The number of para-hydroxylation sites is 1. The molecule has 0 aromatic heterocycles. The van der Waals surface area contributed by atoms with E-state index in [9.17, 15) is 0 Å². The van der Waals surface area contributed by atoms with Crippen molar-refractivity contribution in [2.75, 3.05) is 26.2 Å². The minimum Gasteiger partial charge on any atom is -0.494 e. The zero-order valence-electron chi connectivity index (χ0n) is 16.7. The third-order valence-electron chi connectivity index (χ3n) is 5.43. The summed E-state index contributed by atoms with van der Waals surface area (Å²) >= 11 is 0. The average Bonchev–Trinajstić information content (AvgIpc) is 3.33. The van der Waals surface area contributed by atoms with E-state index in [1.807, 2.05) is 25.1 Å². The molecule has 152 valence electrons. The Labute approximate surface area is 181 Å². The minimum atomic E-state index is 0. The van der Waals surface area contributed by atoms with Crippen molar-refractivity contribution in [3.63, 3.8) is 0 Å². The number of nitrogens with one attached hydrogen (secondary N) is 2. The number of rotatable bonds is 7. The Morgan fingerprint density at radius 2 is 1.96 bits per heavy atom. The van der Waals surface area contributed by atoms with Crippen LogP contribution in [0.5, 0.6) is 5.75 Å². The summed E-state index contributed by atoms with van der Waals surface area (Å²) in [6, 6.07) is 9.48. The number of aliphatic imine (C=N–C) groups is 1. The smallest absolute Gasteiger partial charge is 0.191 e. The second kappa shape index (κ2) is 11.7. The number of hydrogen-bond donors (Lipinski definition) is 2. The van der Waals surface area contributed by atoms with Gasteiger partial charge in [0, 0.05) is 37.3 Å². The largest absolute Gasteiger partial charge is 0.494 e. The van der Waals surface area contributed by atoms with Crippen LogP contribution in [-0.4, -0.2) is 49.2 Å². The summed E-state index contributed by atoms with van der Waals surface area (Å²) in [5.41, 5.74) is 1.13. The number of halogens is 1. The van der Waals surface area contributed by atoms with Crippen LogP contribution in [0, 0.1) is 0 Å². The van der Waals surface area contributed by atoms with E-state index < -0.39 is 0 Å². The number of guanidine groups is 1. The Bertz CT molecular complexity index is 589. The molecule has 0 radical (unpaired) electrons. The molecule has 1 aromatic carbocycles. The van der Waals surface area contributed by atoms with Gasteiger partial charge in [0.05, 0.1) is 13.2 Å². The molecule has 1 saturated carbocycles. The highest BCUT2D eigenvalue weighted by Crippen LogP contribution is 2.26. The van der Waals surface area contributed by atoms with E-state index in [0.717, 1.165) is 36.4 Å². The maximum absolute atomic E-state index is 5.72. The molecule has 2 N–H and O–H groups in total. The molecule has 0 spiro atoms. The summed E-state index contributed by atoms with van der Waals surface area (Å²) in [6.07, 6.45) is 6.78. The van der Waals surface area contributed by atoms with Gasteiger partial charge in [-0.25, -0.2) is 4.99 Å². The van der Waals surface area contributed by atoms with Crippen molar-refractivity contribution in [1.82, 2.24) is 15.5 Å². The van der Waals surface area contributed by atoms with Gasteiger partial charge in [0.15, 0.2) is 5.96 Å². The zero-order valence-corrected chi connectivity index (χ0v) is 19.1. The van der Waals surface area contributed by atoms with E-state index >= 15 is 0 Å². The zero-order chi connectivity index (χ0) is 18.2. The quantitative estimate of drug-likeness (QED) is 0.350. The van der Waals surface area contributed by atoms with Gasteiger partial charge < -0.3 is 15.4 Å². The maximum Gasteiger partial charge on any atom is 0.191 e. The SMILES string of the molecule is CCNC(=NCc1ccccc1OCC)NC1CCN(C2CCCC2)C1.I. The molecule has 1 saturated heterocycles. The molecule has 0 bridgehead atoms. The second-order valence-corrected chi connectivity index (χ2v) is 7.30. The highest BCUT2D eigenvalue weighted by atomic mass is 127. The summed E-state index contributed by atoms with van der Waals surface area (Å²) in [5, 5.41) is 7.04. The van der Waals surface area contributed by atoms with Gasteiger partial charge in [-0.15, -0.1) is 24.0 Å². The first-order chi connectivity index (χ1) is 12.8. The van der Waals surface area contributed by atoms with Crippen molar-refractivity contribution < 1.29 is 4.74 Å². The molecule has 3 rings (SSSR count). The highest BCUT2D eigenvalue weighted by molar-refractivity contribution is 14.0. The van der Waals surface area contributed by atoms with Gasteiger partial charge in [-0.2, -0.15) is 0 Å². The monoisotopic (exact) mass is 486 g/mol. The van der Waals surface area contributed by atoms with Gasteiger partial charge in [-0.1, -0.05) is 31.0 Å². The van der Waals surface area contributed by atoms with Gasteiger partial charge in [0.2, 0.25) is 0 Å². The lowest BCUT2D eigenvalue weighted by molar-refractivity contribution is 0.242. The van der Waals surface area contributed by atoms with Crippen LogP contribution in [0.25, 0.3) is 0 Å². The van der Waals surface area contributed by atoms with Crippen molar-refractivity contribution in [3.05, 3.63) is 29.8 Å². The lowest BCUT2D eigenvalue weighted by Gasteiger charge is -2.24. The molecule has 1 aromatic rings. The van der Waals surface area contributed by atoms with Crippen LogP contribution in [0.1, 0.15) is 51.5 Å². The van der Waals surface area contributed by atoms with Crippen molar-refractivity contribution in [2.45, 2.75) is 64.6 Å². The second-order valence-electron chi connectivity index (χ2n) is 7.30. The van der Waals surface area contributed by atoms with Crippen molar-refractivity contribution in [3.8, 4) is 5.75 Å². The molecule has 1 aliphatic carbocycles. The van der Waals surface area contributed by atoms with Crippen LogP contribution in [0.3, 0.4) is 0 Å². The fraction of sp³-hybridized carbons (Fsp3) is 0.667. The van der Waals surface area contributed by atoms with Crippen molar-refractivity contribution >= 4 is 29.9 Å². The van der Waals surface area contributed by atoms with Crippen molar-refractivity contribution in [1.29, 1.82) is 0 Å². The van der Waals surface area contributed by atoms with Gasteiger partial charge in [-0.05, 0) is 39.2 Å². The van der Waals surface area contributed by atoms with Crippen LogP contribution in [0.2, 0.25) is 0 Å². The normalized spacial score (nSPS) is 21.1. The molecular weight excluding hydrogens is 451 g/mol. The first-order valence-corrected chi connectivity index (χ1v) is 10.3. The van der Waals surface area contributed by atoms with E-state index in [1.165, 1.54) is 38.6 Å². The summed E-state index contributed by atoms with van der Waals surface area (Å²) in [4.78, 5) is 7.49. The Morgan fingerprint density at radius 1 is 1.19 bits per heavy atom. The van der Waals surface area contributed by atoms with Crippen LogP contribution < -0.4 is 15.4 Å². The summed E-state index contributed by atoms with van der Waals surface area (Å²) in [6.45, 7) is 8.67. The fourth-order valence-corrected chi connectivity index (χ4v) is 4.11.